The van der Waals surface area contributed by atoms with E-state index in [9.17, 15) is 17.6 Å². The Hall–Kier alpha value is -1.67. The number of anilines is 1. The van der Waals surface area contributed by atoms with Crippen LogP contribution in [0.25, 0.3) is 0 Å². The quantitative estimate of drug-likeness (QED) is 0.764. The van der Waals surface area contributed by atoms with Crippen molar-refractivity contribution >= 4 is 21.6 Å². The molecule has 0 radical (unpaired) electrons. The van der Waals surface area contributed by atoms with Crippen LogP contribution in [0, 0.1) is 5.82 Å². The molecule has 0 aromatic heterocycles. The Bertz CT molecular complexity index is 595. The lowest BCUT2D eigenvalue weighted by molar-refractivity contribution is -0.132. The summed E-state index contributed by atoms with van der Waals surface area (Å²) in [6, 6.07) is 2.07. The summed E-state index contributed by atoms with van der Waals surface area (Å²) in [5.74, 6) is -1.09. The lowest BCUT2D eigenvalue weighted by Gasteiger charge is -2.23. The van der Waals surface area contributed by atoms with Gasteiger partial charge in [-0.15, -0.1) is 0 Å². The SMILES string of the molecule is CCN(CC)C(=O)C(C)NS(=O)(=O)c1cc(N)cc(F)c1. The van der Waals surface area contributed by atoms with Gasteiger partial charge in [-0.3, -0.25) is 4.79 Å². The maximum atomic E-state index is 13.2. The van der Waals surface area contributed by atoms with Crippen molar-refractivity contribution in [2.75, 3.05) is 18.8 Å². The number of rotatable bonds is 6. The van der Waals surface area contributed by atoms with E-state index in [0.29, 0.717) is 13.1 Å². The average molecular weight is 317 g/mol. The summed E-state index contributed by atoms with van der Waals surface area (Å²) in [5.41, 5.74) is 5.43. The third-order valence-corrected chi connectivity index (χ3v) is 4.50. The second kappa shape index (κ2) is 6.86. The van der Waals surface area contributed by atoms with Crippen molar-refractivity contribution < 1.29 is 17.6 Å². The summed E-state index contributed by atoms with van der Waals surface area (Å²) in [6.45, 7) is 6.01. The first kappa shape index (κ1) is 17.4. The van der Waals surface area contributed by atoms with Gasteiger partial charge in [-0.05, 0) is 39.0 Å². The van der Waals surface area contributed by atoms with Crippen molar-refractivity contribution in [3.8, 4) is 0 Å². The molecule has 0 saturated heterocycles. The number of nitrogens with zero attached hydrogens (tertiary/aromatic N) is 1. The fraction of sp³-hybridized carbons (Fsp3) is 0.462. The van der Waals surface area contributed by atoms with E-state index in [0.717, 1.165) is 18.2 Å². The molecule has 1 amide bonds. The standard InChI is InChI=1S/C13H20FN3O3S/c1-4-17(5-2)13(18)9(3)16-21(19,20)12-7-10(14)6-11(15)8-12/h6-9,16H,4-5,15H2,1-3H3. The molecule has 0 aliphatic carbocycles. The van der Waals surface area contributed by atoms with E-state index >= 15 is 0 Å². The van der Waals surface area contributed by atoms with Crippen LogP contribution in [0.1, 0.15) is 20.8 Å². The lowest BCUT2D eigenvalue weighted by atomic mass is 10.3. The Morgan fingerprint density at radius 1 is 1.33 bits per heavy atom. The van der Waals surface area contributed by atoms with Crippen molar-refractivity contribution in [3.05, 3.63) is 24.0 Å². The molecule has 1 aromatic carbocycles. The first-order valence-electron chi connectivity index (χ1n) is 6.58. The van der Waals surface area contributed by atoms with Crippen molar-refractivity contribution in [3.63, 3.8) is 0 Å². The summed E-state index contributed by atoms with van der Waals surface area (Å²) in [7, 11) is -4.02. The minimum atomic E-state index is -4.02. The highest BCUT2D eigenvalue weighted by Crippen LogP contribution is 2.16. The maximum Gasteiger partial charge on any atom is 0.241 e. The lowest BCUT2D eigenvalue weighted by Crippen LogP contribution is -2.46. The van der Waals surface area contributed by atoms with E-state index in [1.165, 1.54) is 11.8 Å². The molecular formula is C13H20FN3O3S. The first-order chi connectivity index (χ1) is 9.71. The third-order valence-electron chi connectivity index (χ3n) is 2.98. The van der Waals surface area contributed by atoms with Crippen LogP contribution in [-0.4, -0.2) is 38.4 Å². The fourth-order valence-corrected chi connectivity index (χ4v) is 3.16. The van der Waals surface area contributed by atoms with Gasteiger partial charge in [0.05, 0.1) is 10.9 Å². The summed E-state index contributed by atoms with van der Waals surface area (Å²) >= 11 is 0. The van der Waals surface area contributed by atoms with Crippen LogP contribution in [0.15, 0.2) is 23.1 Å². The number of nitrogen functional groups attached to an aromatic ring is 1. The van der Waals surface area contributed by atoms with Gasteiger partial charge in [0.2, 0.25) is 15.9 Å². The highest BCUT2D eigenvalue weighted by molar-refractivity contribution is 7.89. The van der Waals surface area contributed by atoms with E-state index in [1.54, 1.807) is 13.8 Å². The van der Waals surface area contributed by atoms with E-state index in [1.807, 2.05) is 0 Å². The number of nitrogens with one attached hydrogen (secondary N) is 1. The molecule has 21 heavy (non-hydrogen) atoms. The van der Waals surface area contributed by atoms with Gasteiger partial charge in [-0.2, -0.15) is 4.72 Å². The van der Waals surface area contributed by atoms with Gasteiger partial charge in [-0.1, -0.05) is 0 Å². The number of amides is 1. The van der Waals surface area contributed by atoms with Gasteiger partial charge in [0, 0.05) is 18.8 Å². The second-order valence-electron chi connectivity index (χ2n) is 4.57. The number of benzene rings is 1. The van der Waals surface area contributed by atoms with Gasteiger partial charge in [-0.25, -0.2) is 12.8 Å². The molecule has 118 valence electrons. The summed E-state index contributed by atoms with van der Waals surface area (Å²) < 4.78 is 39.8. The van der Waals surface area contributed by atoms with Crippen molar-refractivity contribution in [2.24, 2.45) is 0 Å². The van der Waals surface area contributed by atoms with Gasteiger partial charge < -0.3 is 10.6 Å². The molecule has 8 heteroatoms. The van der Waals surface area contributed by atoms with Crippen LogP contribution in [0.4, 0.5) is 10.1 Å². The number of sulfonamides is 1. The number of hydrogen-bond donors (Lipinski definition) is 2. The van der Waals surface area contributed by atoms with Crippen LogP contribution in [0.3, 0.4) is 0 Å². The van der Waals surface area contributed by atoms with Crippen molar-refractivity contribution in [1.29, 1.82) is 0 Å². The molecular weight excluding hydrogens is 297 g/mol. The molecule has 0 saturated carbocycles. The Balaban J connectivity index is 2.97. The Morgan fingerprint density at radius 3 is 2.38 bits per heavy atom. The second-order valence-corrected chi connectivity index (χ2v) is 6.29. The number of nitrogens with two attached hydrogens (primary N) is 1. The minimum absolute atomic E-state index is 0.00176. The number of carbonyl (C=O) groups is 1. The molecule has 1 atom stereocenters. The summed E-state index contributed by atoms with van der Waals surface area (Å²) in [4.78, 5) is 13.2. The highest BCUT2D eigenvalue weighted by Gasteiger charge is 2.25. The Morgan fingerprint density at radius 2 is 1.90 bits per heavy atom. The van der Waals surface area contributed by atoms with Gasteiger partial charge in [0.15, 0.2) is 0 Å². The summed E-state index contributed by atoms with van der Waals surface area (Å²) in [6.07, 6.45) is 0. The van der Waals surface area contributed by atoms with Crippen LogP contribution in [-0.2, 0) is 14.8 Å². The number of hydrogen-bond acceptors (Lipinski definition) is 4. The average Bonchev–Trinajstić information content (AvgIpc) is 2.38. The number of likely N-dealkylation sites (N-methyl/N-ethyl adjacent to an activating group) is 1. The van der Waals surface area contributed by atoms with Crippen LogP contribution in [0.5, 0.6) is 0 Å². The van der Waals surface area contributed by atoms with Crippen LogP contribution in [0.2, 0.25) is 0 Å². The van der Waals surface area contributed by atoms with Crippen LogP contribution >= 0.6 is 0 Å². The monoisotopic (exact) mass is 317 g/mol. The predicted molar refractivity (Wildman–Crippen MR) is 78.5 cm³/mol. The largest absolute Gasteiger partial charge is 0.399 e. The van der Waals surface area contributed by atoms with E-state index in [4.69, 9.17) is 5.73 Å². The molecule has 0 fully saturated rings. The van der Waals surface area contributed by atoms with E-state index in [2.05, 4.69) is 4.72 Å². The molecule has 6 nitrogen and oxygen atoms in total. The first-order valence-corrected chi connectivity index (χ1v) is 8.06. The maximum absolute atomic E-state index is 13.2. The third kappa shape index (κ3) is 4.40. The molecule has 1 rings (SSSR count). The molecule has 0 aliphatic heterocycles. The minimum Gasteiger partial charge on any atom is -0.399 e. The molecule has 1 unspecified atom stereocenters. The van der Waals surface area contributed by atoms with E-state index < -0.39 is 21.9 Å². The van der Waals surface area contributed by atoms with Crippen LogP contribution < -0.4 is 10.5 Å². The molecule has 0 spiro atoms. The Kier molecular flexibility index (Phi) is 5.68. The van der Waals surface area contributed by atoms with Crippen molar-refractivity contribution in [2.45, 2.75) is 31.7 Å². The molecule has 1 aromatic rings. The molecule has 0 aliphatic rings. The zero-order valence-corrected chi connectivity index (χ0v) is 13.1. The van der Waals surface area contributed by atoms with E-state index in [-0.39, 0.29) is 16.5 Å². The molecule has 3 N–H and O–H groups in total. The zero-order chi connectivity index (χ0) is 16.2. The van der Waals surface area contributed by atoms with Gasteiger partial charge in [0.25, 0.3) is 0 Å². The topological polar surface area (TPSA) is 92.5 Å². The zero-order valence-electron chi connectivity index (χ0n) is 12.3. The smallest absolute Gasteiger partial charge is 0.241 e. The van der Waals surface area contributed by atoms with Gasteiger partial charge >= 0.3 is 0 Å². The molecule has 0 bridgehead atoms. The normalized spacial score (nSPS) is 13.0. The van der Waals surface area contributed by atoms with Gasteiger partial charge in [0.1, 0.15) is 5.82 Å². The highest BCUT2D eigenvalue weighted by atomic mass is 32.2. The Labute approximate surface area is 124 Å². The van der Waals surface area contributed by atoms with Crippen molar-refractivity contribution in [1.82, 2.24) is 9.62 Å². The number of carbonyl (C=O) groups excluding carboxylic acids is 1. The predicted octanol–water partition coefficient (Wildman–Crippen LogP) is 0.943. The fourth-order valence-electron chi connectivity index (χ4n) is 1.90. The number of halogens is 1. The molecule has 0 heterocycles. The summed E-state index contributed by atoms with van der Waals surface area (Å²) in [5, 5.41) is 0.